The molecule has 0 radical (unpaired) electrons. The zero-order valence-corrected chi connectivity index (χ0v) is 10.0. The number of oxazole rings is 1. The van der Waals surface area contributed by atoms with Crippen LogP contribution >= 0.6 is 0 Å². The summed E-state index contributed by atoms with van der Waals surface area (Å²) in [6.45, 7) is 2.70. The largest absolute Gasteiger partial charge is 0.476 e. The first-order chi connectivity index (χ1) is 8.66. The van der Waals surface area contributed by atoms with Crippen LogP contribution in [-0.2, 0) is 6.42 Å². The molecule has 1 aromatic heterocycles. The van der Waals surface area contributed by atoms with Crippen LogP contribution in [0.25, 0.3) is 0 Å². The molecule has 5 heteroatoms. The summed E-state index contributed by atoms with van der Waals surface area (Å²) in [5.74, 6) is -1.09. The maximum absolute atomic E-state index is 10.6. The SMILES string of the molecule is Cc1ccccc1CCNc1nc(C(=O)O)co1. The fourth-order valence-electron chi connectivity index (χ4n) is 1.65. The third kappa shape index (κ3) is 2.88. The Labute approximate surface area is 104 Å². The Bertz CT molecular complexity index is 549. The van der Waals surface area contributed by atoms with Crippen molar-refractivity contribution in [1.82, 2.24) is 4.98 Å². The number of carboxylic acids is 1. The van der Waals surface area contributed by atoms with Crippen molar-refractivity contribution >= 4 is 12.0 Å². The second-order valence-corrected chi connectivity index (χ2v) is 3.95. The Hall–Kier alpha value is -2.30. The van der Waals surface area contributed by atoms with E-state index in [1.54, 1.807) is 0 Å². The lowest BCUT2D eigenvalue weighted by Crippen LogP contribution is -2.06. The Kier molecular flexibility index (Phi) is 3.62. The Balaban J connectivity index is 1.88. The van der Waals surface area contributed by atoms with Gasteiger partial charge >= 0.3 is 5.97 Å². The summed E-state index contributed by atoms with van der Waals surface area (Å²) in [7, 11) is 0. The Morgan fingerprint density at radius 2 is 2.22 bits per heavy atom. The van der Waals surface area contributed by atoms with E-state index in [1.807, 2.05) is 12.1 Å². The van der Waals surface area contributed by atoms with E-state index in [9.17, 15) is 4.79 Å². The molecule has 2 N–H and O–H groups in total. The fraction of sp³-hybridized carbons (Fsp3) is 0.231. The van der Waals surface area contributed by atoms with Crippen molar-refractivity contribution in [3.8, 4) is 0 Å². The van der Waals surface area contributed by atoms with Gasteiger partial charge in [0, 0.05) is 6.54 Å². The standard InChI is InChI=1S/C13H14N2O3/c1-9-4-2-3-5-10(9)6-7-14-13-15-11(8-18-13)12(16)17/h2-5,8H,6-7H2,1H3,(H,14,15)(H,16,17). The first-order valence-electron chi connectivity index (χ1n) is 5.64. The van der Waals surface area contributed by atoms with E-state index in [2.05, 4.69) is 29.4 Å². The summed E-state index contributed by atoms with van der Waals surface area (Å²) in [5, 5.41) is 11.6. The van der Waals surface area contributed by atoms with E-state index >= 15 is 0 Å². The molecule has 0 fully saturated rings. The van der Waals surface area contributed by atoms with Crippen molar-refractivity contribution in [3.63, 3.8) is 0 Å². The molecule has 0 spiro atoms. The summed E-state index contributed by atoms with van der Waals surface area (Å²) in [5.41, 5.74) is 2.39. The van der Waals surface area contributed by atoms with E-state index in [-0.39, 0.29) is 11.7 Å². The highest BCUT2D eigenvalue weighted by atomic mass is 16.4. The van der Waals surface area contributed by atoms with Gasteiger partial charge < -0.3 is 14.8 Å². The van der Waals surface area contributed by atoms with Crippen LogP contribution in [0.1, 0.15) is 21.6 Å². The van der Waals surface area contributed by atoms with Crippen LogP contribution in [-0.4, -0.2) is 22.6 Å². The van der Waals surface area contributed by atoms with Crippen LogP contribution < -0.4 is 5.32 Å². The number of nitrogens with one attached hydrogen (secondary N) is 1. The van der Waals surface area contributed by atoms with Crippen molar-refractivity contribution in [1.29, 1.82) is 0 Å². The third-order valence-corrected chi connectivity index (χ3v) is 2.66. The maximum Gasteiger partial charge on any atom is 0.357 e. The minimum atomic E-state index is -1.09. The lowest BCUT2D eigenvalue weighted by atomic mass is 10.1. The normalized spacial score (nSPS) is 10.3. The van der Waals surface area contributed by atoms with Crippen LogP contribution in [0.15, 0.2) is 34.9 Å². The molecule has 0 amide bonds. The van der Waals surface area contributed by atoms with E-state index in [0.717, 1.165) is 12.7 Å². The molecule has 0 saturated carbocycles. The molecule has 2 aromatic rings. The second kappa shape index (κ2) is 5.35. The average Bonchev–Trinajstić information content (AvgIpc) is 2.80. The quantitative estimate of drug-likeness (QED) is 0.846. The summed E-state index contributed by atoms with van der Waals surface area (Å²) in [6.07, 6.45) is 1.95. The van der Waals surface area contributed by atoms with Crippen molar-refractivity contribution in [2.24, 2.45) is 0 Å². The van der Waals surface area contributed by atoms with Crippen molar-refractivity contribution in [2.45, 2.75) is 13.3 Å². The molecule has 2 rings (SSSR count). The van der Waals surface area contributed by atoms with Gasteiger partial charge in [0.1, 0.15) is 6.26 Å². The molecular weight excluding hydrogens is 232 g/mol. The zero-order valence-electron chi connectivity index (χ0n) is 10.0. The first-order valence-corrected chi connectivity index (χ1v) is 5.64. The van der Waals surface area contributed by atoms with Crippen LogP contribution in [0.2, 0.25) is 0 Å². The highest BCUT2D eigenvalue weighted by Crippen LogP contribution is 2.10. The van der Waals surface area contributed by atoms with E-state index < -0.39 is 5.97 Å². The number of rotatable bonds is 5. The molecule has 0 aliphatic heterocycles. The minimum Gasteiger partial charge on any atom is -0.476 e. The lowest BCUT2D eigenvalue weighted by molar-refractivity contribution is 0.0690. The molecule has 0 unspecified atom stereocenters. The van der Waals surface area contributed by atoms with Crippen molar-refractivity contribution < 1.29 is 14.3 Å². The summed E-state index contributed by atoms with van der Waals surface area (Å²) >= 11 is 0. The number of hydrogen-bond acceptors (Lipinski definition) is 4. The zero-order chi connectivity index (χ0) is 13.0. The van der Waals surface area contributed by atoms with E-state index in [1.165, 1.54) is 11.1 Å². The molecule has 0 saturated heterocycles. The number of carbonyl (C=O) groups is 1. The van der Waals surface area contributed by atoms with Gasteiger partial charge in [-0.15, -0.1) is 0 Å². The van der Waals surface area contributed by atoms with Gasteiger partial charge in [-0.25, -0.2) is 4.79 Å². The molecular formula is C13H14N2O3. The lowest BCUT2D eigenvalue weighted by Gasteiger charge is -2.05. The van der Waals surface area contributed by atoms with Crippen LogP contribution in [0.4, 0.5) is 6.01 Å². The highest BCUT2D eigenvalue weighted by Gasteiger charge is 2.09. The van der Waals surface area contributed by atoms with Crippen LogP contribution in [0, 0.1) is 6.92 Å². The molecule has 0 aliphatic carbocycles. The molecule has 5 nitrogen and oxygen atoms in total. The molecule has 0 atom stereocenters. The predicted molar refractivity (Wildman–Crippen MR) is 66.8 cm³/mol. The maximum atomic E-state index is 10.6. The first kappa shape index (κ1) is 12.2. The third-order valence-electron chi connectivity index (χ3n) is 2.66. The van der Waals surface area contributed by atoms with Gasteiger partial charge in [0.2, 0.25) is 0 Å². The van der Waals surface area contributed by atoms with Crippen molar-refractivity contribution in [3.05, 3.63) is 47.3 Å². The van der Waals surface area contributed by atoms with Crippen LogP contribution in [0.3, 0.4) is 0 Å². The minimum absolute atomic E-state index is 0.0895. The molecule has 18 heavy (non-hydrogen) atoms. The number of hydrogen-bond donors (Lipinski definition) is 2. The van der Waals surface area contributed by atoms with Gasteiger partial charge in [0.25, 0.3) is 6.01 Å². The highest BCUT2D eigenvalue weighted by molar-refractivity contribution is 5.85. The molecule has 0 aliphatic rings. The number of carboxylic acid groups (broad SMARTS) is 1. The topological polar surface area (TPSA) is 75.4 Å². The fourth-order valence-corrected chi connectivity index (χ4v) is 1.65. The molecule has 1 heterocycles. The number of anilines is 1. The Morgan fingerprint density at radius 3 is 2.89 bits per heavy atom. The number of aromatic carboxylic acids is 1. The molecule has 0 bridgehead atoms. The summed E-state index contributed by atoms with van der Waals surface area (Å²) in [6, 6.07) is 8.36. The summed E-state index contributed by atoms with van der Waals surface area (Å²) < 4.78 is 4.99. The number of nitrogens with zero attached hydrogens (tertiary/aromatic N) is 1. The summed E-state index contributed by atoms with van der Waals surface area (Å²) in [4.78, 5) is 14.4. The number of aryl methyl sites for hydroxylation is 1. The monoisotopic (exact) mass is 246 g/mol. The molecule has 1 aromatic carbocycles. The van der Waals surface area contributed by atoms with E-state index in [0.29, 0.717) is 6.54 Å². The van der Waals surface area contributed by atoms with Gasteiger partial charge in [-0.05, 0) is 24.5 Å². The predicted octanol–water partition coefficient (Wildman–Crippen LogP) is 2.34. The van der Waals surface area contributed by atoms with Gasteiger partial charge in [0.15, 0.2) is 5.69 Å². The van der Waals surface area contributed by atoms with Gasteiger partial charge in [-0.3, -0.25) is 0 Å². The van der Waals surface area contributed by atoms with E-state index in [4.69, 9.17) is 9.52 Å². The van der Waals surface area contributed by atoms with Crippen LogP contribution in [0.5, 0.6) is 0 Å². The number of aromatic nitrogens is 1. The second-order valence-electron chi connectivity index (χ2n) is 3.95. The molecule has 94 valence electrons. The van der Waals surface area contributed by atoms with Gasteiger partial charge in [0.05, 0.1) is 0 Å². The smallest absolute Gasteiger partial charge is 0.357 e. The number of benzene rings is 1. The van der Waals surface area contributed by atoms with Gasteiger partial charge in [-0.2, -0.15) is 4.98 Å². The average molecular weight is 246 g/mol. The van der Waals surface area contributed by atoms with Gasteiger partial charge in [-0.1, -0.05) is 24.3 Å². The van der Waals surface area contributed by atoms with Crippen molar-refractivity contribution in [2.75, 3.05) is 11.9 Å². The Morgan fingerprint density at radius 1 is 1.44 bits per heavy atom.